The van der Waals surface area contributed by atoms with Crippen LogP contribution in [0.3, 0.4) is 0 Å². The Labute approximate surface area is 193 Å². The Morgan fingerprint density at radius 3 is 2.12 bits per heavy atom. The Kier molecular flexibility index (Phi) is 5.41. The summed E-state index contributed by atoms with van der Waals surface area (Å²) in [5.41, 5.74) is 1.85. The van der Waals surface area contributed by atoms with E-state index in [0.717, 1.165) is 11.1 Å². The molecule has 0 unspecified atom stereocenters. The summed E-state index contributed by atoms with van der Waals surface area (Å²) >= 11 is 0. The van der Waals surface area contributed by atoms with E-state index in [-0.39, 0.29) is 17.6 Å². The second-order valence-corrected chi connectivity index (χ2v) is 11.0. The number of nitrogens with zero attached hydrogens (tertiary/aromatic N) is 3. The summed E-state index contributed by atoms with van der Waals surface area (Å²) in [6.45, 7) is 2.23. The minimum Gasteiger partial charge on any atom is -0.380 e. The highest BCUT2D eigenvalue weighted by molar-refractivity contribution is 7.93. The number of hydrogen-bond acceptors (Lipinski definition) is 5. The van der Waals surface area contributed by atoms with Gasteiger partial charge in [0.15, 0.2) is 0 Å². The van der Waals surface area contributed by atoms with E-state index < -0.39 is 15.6 Å². The fourth-order valence-electron chi connectivity index (χ4n) is 4.50. The molecule has 5 rings (SSSR count). The summed E-state index contributed by atoms with van der Waals surface area (Å²) in [6, 6.07) is 14.7. The second kappa shape index (κ2) is 8.14. The molecule has 2 amide bonds. The van der Waals surface area contributed by atoms with Crippen molar-refractivity contribution in [2.75, 3.05) is 42.8 Å². The van der Waals surface area contributed by atoms with Crippen molar-refractivity contribution in [3.8, 4) is 11.1 Å². The normalized spacial score (nSPS) is 21.2. The molecule has 174 valence electrons. The number of benzene rings is 2. The highest BCUT2D eigenvalue weighted by Crippen LogP contribution is 2.37. The molecule has 0 radical (unpaired) electrons. The molecule has 1 saturated carbocycles. The molecule has 2 saturated heterocycles. The van der Waals surface area contributed by atoms with Gasteiger partial charge in [0, 0.05) is 38.3 Å². The molecular formula is C24H27N3O5S. The molecule has 2 aliphatic heterocycles. The average Bonchev–Trinajstić information content (AvgIpc) is 3.49. The number of hydrogen-bond donors (Lipinski definition) is 1. The topological polar surface area (TPSA) is 98.2 Å². The highest BCUT2D eigenvalue weighted by Gasteiger charge is 2.50. The van der Waals surface area contributed by atoms with Gasteiger partial charge in [0.25, 0.3) is 11.8 Å². The summed E-state index contributed by atoms with van der Waals surface area (Å²) in [6.07, 6.45) is 1.68. The summed E-state index contributed by atoms with van der Waals surface area (Å²) in [5, 5.41) is 10.0. The molecule has 2 aromatic rings. The maximum absolute atomic E-state index is 12.9. The lowest BCUT2D eigenvalue weighted by atomic mass is 10.0. The van der Waals surface area contributed by atoms with Gasteiger partial charge in [-0.1, -0.05) is 24.3 Å². The molecule has 1 aliphatic carbocycles. The molecule has 2 aromatic carbocycles. The van der Waals surface area contributed by atoms with E-state index in [2.05, 4.69) is 0 Å². The fraction of sp³-hybridized carbons (Fsp3) is 0.417. The Morgan fingerprint density at radius 2 is 1.52 bits per heavy atom. The molecule has 3 fully saturated rings. The number of piperazine rings is 1. The quantitative estimate of drug-likeness (QED) is 0.735. The van der Waals surface area contributed by atoms with Crippen molar-refractivity contribution in [2.45, 2.75) is 24.9 Å². The maximum atomic E-state index is 12.9. The van der Waals surface area contributed by atoms with Crippen LogP contribution in [0.2, 0.25) is 0 Å². The van der Waals surface area contributed by atoms with E-state index in [4.69, 9.17) is 0 Å². The standard InChI is InChI=1S/C24H27N3O5S/c28-22(25-12-14-26(15-13-25)23(29)24(30)9-10-24)19-7-5-18(6-8-19)20-3-1-4-21(17-20)27-11-2-16-33(27,31)32/h1,3-8,17,30H,2,9-16H2. The van der Waals surface area contributed by atoms with E-state index in [0.29, 0.717) is 63.2 Å². The minimum atomic E-state index is -3.24. The Hall–Kier alpha value is -2.91. The fourth-order valence-corrected chi connectivity index (χ4v) is 6.05. The number of carbonyl (C=O) groups is 2. The van der Waals surface area contributed by atoms with Gasteiger partial charge in [-0.15, -0.1) is 0 Å². The third-order valence-electron chi connectivity index (χ3n) is 6.67. The molecule has 8 nitrogen and oxygen atoms in total. The second-order valence-electron chi connectivity index (χ2n) is 8.99. The molecule has 1 N–H and O–H groups in total. The van der Waals surface area contributed by atoms with Gasteiger partial charge < -0.3 is 14.9 Å². The van der Waals surface area contributed by atoms with Crippen LogP contribution in [0, 0.1) is 0 Å². The van der Waals surface area contributed by atoms with Crippen LogP contribution < -0.4 is 4.31 Å². The first-order chi connectivity index (χ1) is 15.8. The first-order valence-electron chi connectivity index (χ1n) is 11.3. The lowest BCUT2D eigenvalue weighted by Gasteiger charge is -2.35. The van der Waals surface area contributed by atoms with Crippen molar-refractivity contribution in [3.63, 3.8) is 0 Å². The number of anilines is 1. The largest absolute Gasteiger partial charge is 0.380 e. The van der Waals surface area contributed by atoms with Crippen LogP contribution in [-0.2, 0) is 14.8 Å². The summed E-state index contributed by atoms with van der Waals surface area (Å²) < 4.78 is 25.9. The van der Waals surface area contributed by atoms with Gasteiger partial charge in [-0.25, -0.2) is 8.42 Å². The molecular weight excluding hydrogens is 442 g/mol. The summed E-state index contributed by atoms with van der Waals surface area (Å²) in [7, 11) is -3.24. The van der Waals surface area contributed by atoms with Gasteiger partial charge in [-0.05, 0) is 54.7 Å². The predicted octanol–water partition coefficient (Wildman–Crippen LogP) is 1.70. The van der Waals surface area contributed by atoms with Gasteiger partial charge in [0.05, 0.1) is 11.4 Å². The van der Waals surface area contributed by atoms with Gasteiger partial charge in [0.1, 0.15) is 5.60 Å². The van der Waals surface area contributed by atoms with E-state index >= 15 is 0 Å². The number of sulfonamides is 1. The number of rotatable bonds is 4. The summed E-state index contributed by atoms with van der Waals surface area (Å²) in [5.74, 6) is -0.129. The first kappa shape index (κ1) is 21.9. The summed E-state index contributed by atoms with van der Waals surface area (Å²) in [4.78, 5) is 28.6. The molecule has 9 heteroatoms. The zero-order chi connectivity index (χ0) is 23.2. The van der Waals surface area contributed by atoms with Crippen LogP contribution >= 0.6 is 0 Å². The third-order valence-corrected chi connectivity index (χ3v) is 8.54. The van der Waals surface area contributed by atoms with E-state index in [1.54, 1.807) is 28.0 Å². The van der Waals surface area contributed by atoms with Gasteiger partial charge in [-0.3, -0.25) is 13.9 Å². The maximum Gasteiger partial charge on any atom is 0.254 e. The van der Waals surface area contributed by atoms with Crippen molar-refractivity contribution in [1.82, 2.24) is 9.80 Å². The lowest BCUT2D eigenvalue weighted by molar-refractivity contribution is -0.143. The van der Waals surface area contributed by atoms with Crippen molar-refractivity contribution in [3.05, 3.63) is 54.1 Å². The number of carbonyl (C=O) groups excluding carboxylic acids is 2. The van der Waals surface area contributed by atoms with E-state index in [1.165, 1.54) is 4.31 Å². The highest BCUT2D eigenvalue weighted by atomic mass is 32.2. The lowest BCUT2D eigenvalue weighted by Crippen LogP contribution is -2.53. The molecule has 33 heavy (non-hydrogen) atoms. The SMILES string of the molecule is O=C(c1ccc(-c2cccc(N3CCCS3(=O)=O)c2)cc1)N1CCN(C(=O)C2(O)CC2)CC1. The molecule has 2 heterocycles. The third kappa shape index (κ3) is 4.22. The Bertz CT molecular complexity index is 1180. The van der Waals surface area contributed by atoms with Crippen molar-refractivity contribution in [1.29, 1.82) is 0 Å². The van der Waals surface area contributed by atoms with Crippen LogP contribution in [0.1, 0.15) is 29.6 Å². The number of aliphatic hydroxyl groups is 1. The Balaban J connectivity index is 1.25. The van der Waals surface area contributed by atoms with Crippen molar-refractivity contribution in [2.24, 2.45) is 0 Å². The average molecular weight is 470 g/mol. The first-order valence-corrected chi connectivity index (χ1v) is 12.9. The van der Waals surface area contributed by atoms with Gasteiger partial charge in [-0.2, -0.15) is 0 Å². The van der Waals surface area contributed by atoms with Gasteiger partial charge in [0.2, 0.25) is 10.0 Å². The zero-order valence-corrected chi connectivity index (χ0v) is 19.1. The van der Waals surface area contributed by atoms with Crippen LogP contribution in [0.4, 0.5) is 5.69 Å². The van der Waals surface area contributed by atoms with Crippen LogP contribution in [0.15, 0.2) is 48.5 Å². The molecule has 0 aromatic heterocycles. The number of amides is 2. The smallest absolute Gasteiger partial charge is 0.254 e. The van der Waals surface area contributed by atoms with E-state index in [1.807, 2.05) is 30.3 Å². The molecule has 0 spiro atoms. The molecule has 0 bridgehead atoms. The Morgan fingerprint density at radius 1 is 0.848 bits per heavy atom. The van der Waals surface area contributed by atoms with Gasteiger partial charge >= 0.3 is 0 Å². The van der Waals surface area contributed by atoms with Crippen LogP contribution in [-0.4, -0.2) is 79.2 Å². The van der Waals surface area contributed by atoms with Crippen molar-refractivity contribution < 1.29 is 23.1 Å². The van der Waals surface area contributed by atoms with Crippen LogP contribution in [0.5, 0.6) is 0 Å². The molecule has 0 atom stereocenters. The van der Waals surface area contributed by atoms with E-state index in [9.17, 15) is 23.1 Å². The van der Waals surface area contributed by atoms with Crippen LogP contribution in [0.25, 0.3) is 11.1 Å². The minimum absolute atomic E-state index is 0.0873. The molecule has 3 aliphatic rings. The monoisotopic (exact) mass is 469 g/mol. The predicted molar refractivity (Wildman–Crippen MR) is 124 cm³/mol. The van der Waals surface area contributed by atoms with Crippen molar-refractivity contribution >= 4 is 27.5 Å². The zero-order valence-electron chi connectivity index (χ0n) is 18.3.